The van der Waals surface area contributed by atoms with Crippen LogP contribution in [0.1, 0.15) is 55.2 Å². The number of ether oxygens (including phenoxy) is 1. The molecule has 0 saturated heterocycles. The molecule has 3 rings (SSSR count). The molecule has 6 heteroatoms. The molecule has 1 saturated carbocycles. The molecule has 3 nitrogen and oxygen atoms in total. The van der Waals surface area contributed by atoms with Crippen LogP contribution in [0.2, 0.25) is 0 Å². The highest BCUT2D eigenvalue weighted by Crippen LogP contribution is 2.35. The van der Waals surface area contributed by atoms with E-state index in [9.17, 15) is 13.2 Å². The van der Waals surface area contributed by atoms with Gasteiger partial charge >= 0.3 is 6.36 Å². The van der Waals surface area contributed by atoms with Gasteiger partial charge in [0.15, 0.2) is 0 Å². The molecule has 148 valence electrons. The summed E-state index contributed by atoms with van der Waals surface area (Å²) in [7, 11) is 0. The number of nitrogens with zero attached hydrogens (tertiary/aromatic N) is 2. The maximum Gasteiger partial charge on any atom is 0.573 e. The predicted octanol–water partition coefficient (Wildman–Crippen LogP) is 6.33. The number of hydrogen-bond donors (Lipinski definition) is 0. The van der Waals surface area contributed by atoms with Crippen LogP contribution in [-0.4, -0.2) is 18.8 Å². The van der Waals surface area contributed by atoms with Crippen LogP contribution in [0.25, 0.3) is 0 Å². The molecular weight excluding hydrogens is 365 g/mol. The molecule has 1 fully saturated rings. The van der Waals surface area contributed by atoms with Gasteiger partial charge in [0.1, 0.15) is 5.75 Å². The Hall–Kier alpha value is -2.63. The Labute approximate surface area is 163 Å². The van der Waals surface area contributed by atoms with Crippen molar-refractivity contribution in [2.75, 3.05) is 0 Å². The number of benzene rings is 2. The largest absolute Gasteiger partial charge is 0.573 e. The Morgan fingerprint density at radius 1 is 0.821 bits per heavy atom. The average molecular weight is 388 g/mol. The number of halogens is 3. The van der Waals surface area contributed by atoms with Crippen molar-refractivity contribution < 1.29 is 17.9 Å². The Kier molecular flexibility index (Phi) is 6.49. The van der Waals surface area contributed by atoms with Crippen molar-refractivity contribution in [1.82, 2.24) is 0 Å². The van der Waals surface area contributed by atoms with E-state index in [1.807, 2.05) is 12.1 Å². The zero-order chi connectivity index (χ0) is 20.0. The average Bonchev–Trinajstić information content (AvgIpc) is 2.66. The third kappa shape index (κ3) is 6.22. The van der Waals surface area contributed by atoms with Gasteiger partial charge in [-0.2, -0.15) is 10.2 Å². The Morgan fingerprint density at radius 2 is 1.32 bits per heavy atom. The topological polar surface area (TPSA) is 34.0 Å². The monoisotopic (exact) mass is 388 g/mol. The molecule has 1 aliphatic rings. The van der Waals surface area contributed by atoms with E-state index in [-0.39, 0.29) is 5.75 Å². The minimum atomic E-state index is -4.69. The lowest BCUT2D eigenvalue weighted by Gasteiger charge is -2.26. The van der Waals surface area contributed by atoms with Crippen molar-refractivity contribution >= 4 is 12.4 Å². The molecule has 0 radical (unpaired) electrons. The molecule has 0 amide bonds. The zero-order valence-electron chi connectivity index (χ0n) is 15.7. The molecule has 2 aromatic carbocycles. The first-order chi connectivity index (χ1) is 13.4. The maximum atomic E-state index is 12.1. The van der Waals surface area contributed by atoms with E-state index >= 15 is 0 Å². The summed E-state index contributed by atoms with van der Waals surface area (Å²) in [6.07, 6.45) is 3.55. The Balaban J connectivity index is 1.52. The molecular formula is C22H23F3N2O. The van der Waals surface area contributed by atoms with Crippen molar-refractivity contribution in [2.24, 2.45) is 16.1 Å². The van der Waals surface area contributed by atoms with E-state index < -0.39 is 6.36 Å². The fourth-order valence-electron chi connectivity index (χ4n) is 3.40. The molecule has 2 aromatic rings. The Morgan fingerprint density at radius 3 is 1.82 bits per heavy atom. The van der Waals surface area contributed by atoms with Crippen LogP contribution in [0.4, 0.5) is 13.2 Å². The summed E-state index contributed by atoms with van der Waals surface area (Å²) in [5, 5.41) is 7.95. The second kappa shape index (κ2) is 9.04. The third-order valence-electron chi connectivity index (χ3n) is 5.02. The summed E-state index contributed by atoms with van der Waals surface area (Å²) in [6, 6.07) is 13.8. The zero-order valence-corrected chi connectivity index (χ0v) is 15.7. The molecule has 0 atom stereocenters. The number of alkyl halides is 3. The van der Waals surface area contributed by atoms with Crippen molar-refractivity contribution in [2.45, 2.75) is 44.9 Å². The second-order valence-electron chi connectivity index (χ2n) is 7.23. The van der Waals surface area contributed by atoms with E-state index in [4.69, 9.17) is 0 Å². The van der Waals surface area contributed by atoms with Crippen LogP contribution >= 0.6 is 0 Å². The van der Waals surface area contributed by atoms with Crippen molar-refractivity contribution in [3.63, 3.8) is 0 Å². The fraction of sp³-hybridized carbons (Fsp3) is 0.364. The molecule has 0 aliphatic heterocycles. The van der Waals surface area contributed by atoms with Crippen molar-refractivity contribution in [1.29, 1.82) is 0 Å². The Bertz CT molecular complexity index is 803. The standard InChI is InChI=1S/C22H23F3N2O/c1-16-2-8-19(9-3-16)20-10-4-17(5-11-20)14-26-27-15-18-6-12-21(13-7-18)28-22(23,24)25/h4-7,10-16,19H,2-3,8-9H2,1H3. The summed E-state index contributed by atoms with van der Waals surface area (Å²) in [6.45, 7) is 2.32. The van der Waals surface area contributed by atoms with Crippen molar-refractivity contribution in [3.8, 4) is 5.75 Å². The summed E-state index contributed by atoms with van der Waals surface area (Å²) in [5.74, 6) is 1.24. The normalized spacial score (nSPS) is 20.7. The summed E-state index contributed by atoms with van der Waals surface area (Å²) >= 11 is 0. The molecule has 1 aliphatic carbocycles. The minimum Gasteiger partial charge on any atom is -0.406 e. The second-order valence-corrected chi connectivity index (χ2v) is 7.23. The number of hydrogen-bond acceptors (Lipinski definition) is 3. The highest BCUT2D eigenvalue weighted by molar-refractivity contribution is 5.82. The van der Waals surface area contributed by atoms with Gasteiger partial charge in [-0.15, -0.1) is 13.2 Å². The van der Waals surface area contributed by atoms with Gasteiger partial charge in [-0.05, 0) is 65.6 Å². The quantitative estimate of drug-likeness (QED) is 0.435. The van der Waals surface area contributed by atoms with E-state index in [2.05, 4.69) is 34.0 Å². The summed E-state index contributed by atoms with van der Waals surface area (Å²) in [5.41, 5.74) is 2.97. The maximum absolute atomic E-state index is 12.1. The summed E-state index contributed by atoms with van der Waals surface area (Å²) in [4.78, 5) is 0. The van der Waals surface area contributed by atoms with Crippen LogP contribution in [0.3, 0.4) is 0 Å². The van der Waals surface area contributed by atoms with Crippen molar-refractivity contribution in [3.05, 3.63) is 65.2 Å². The highest BCUT2D eigenvalue weighted by atomic mass is 19.4. The first kappa shape index (κ1) is 20.1. The highest BCUT2D eigenvalue weighted by Gasteiger charge is 2.30. The van der Waals surface area contributed by atoms with Crippen LogP contribution in [0, 0.1) is 5.92 Å². The number of rotatable bonds is 5. The molecule has 0 unspecified atom stereocenters. The molecule has 0 spiro atoms. The van der Waals surface area contributed by atoms with E-state index in [0.29, 0.717) is 11.5 Å². The fourth-order valence-corrected chi connectivity index (χ4v) is 3.40. The van der Waals surface area contributed by atoms with E-state index in [1.165, 1.54) is 61.7 Å². The van der Waals surface area contributed by atoms with Crippen LogP contribution < -0.4 is 4.74 Å². The predicted molar refractivity (Wildman–Crippen MR) is 105 cm³/mol. The smallest absolute Gasteiger partial charge is 0.406 e. The molecule has 0 N–H and O–H groups in total. The lowest BCUT2D eigenvalue weighted by molar-refractivity contribution is -0.274. The van der Waals surface area contributed by atoms with E-state index in [0.717, 1.165) is 11.5 Å². The lowest BCUT2D eigenvalue weighted by atomic mass is 9.79. The van der Waals surface area contributed by atoms with E-state index in [1.54, 1.807) is 6.21 Å². The first-order valence-electron chi connectivity index (χ1n) is 9.41. The molecule has 0 bridgehead atoms. The van der Waals surface area contributed by atoms with Crippen LogP contribution in [0.15, 0.2) is 58.7 Å². The summed E-state index contributed by atoms with van der Waals surface area (Å²) < 4.78 is 40.2. The van der Waals surface area contributed by atoms with Gasteiger partial charge in [-0.25, -0.2) is 0 Å². The van der Waals surface area contributed by atoms with Gasteiger partial charge in [0.2, 0.25) is 0 Å². The van der Waals surface area contributed by atoms with Gasteiger partial charge in [0.05, 0.1) is 12.4 Å². The van der Waals surface area contributed by atoms with Gasteiger partial charge in [0, 0.05) is 0 Å². The molecule has 28 heavy (non-hydrogen) atoms. The van der Waals surface area contributed by atoms with Gasteiger partial charge in [-0.3, -0.25) is 0 Å². The molecule has 0 heterocycles. The lowest BCUT2D eigenvalue weighted by Crippen LogP contribution is -2.16. The minimum absolute atomic E-state index is 0.263. The van der Waals surface area contributed by atoms with Crippen LogP contribution in [0.5, 0.6) is 5.75 Å². The first-order valence-corrected chi connectivity index (χ1v) is 9.41. The van der Waals surface area contributed by atoms with Gasteiger partial charge in [0.25, 0.3) is 0 Å². The third-order valence-corrected chi connectivity index (χ3v) is 5.02. The SMILES string of the molecule is CC1CCC(c2ccc(C=NN=Cc3ccc(OC(F)(F)F)cc3)cc2)CC1. The molecule has 0 aromatic heterocycles. The van der Waals surface area contributed by atoms with Gasteiger partial charge in [-0.1, -0.05) is 44.0 Å². The van der Waals surface area contributed by atoms with Gasteiger partial charge < -0.3 is 4.74 Å². The van der Waals surface area contributed by atoms with Crippen LogP contribution in [-0.2, 0) is 0 Å².